The van der Waals surface area contributed by atoms with Crippen molar-refractivity contribution in [1.82, 2.24) is 10.2 Å². The summed E-state index contributed by atoms with van der Waals surface area (Å²) in [5.74, 6) is 0. The molecule has 0 radical (unpaired) electrons. The molecule has 1 fully saturated rings. The Kier molecular flexibility index (Phi) is 4.04. The molecule has 5 heteroatoms. The van der Waals surface area contributed by atoms with E-state index in [1.54, 1.807) is 4.90 Å². The third-order valence-corrected chi connectivity index (χ3v) is 2.73. The Balaban J connectivity index is 2.75. The number of ether oxygens (including phenoxy) is 1. The van der Waals surface area contributed by atoms with Crippen LogP contribution in [0.3, 0.4) is 0 Å². The Morgan fingerprint density at radius 3 is 2.41 bits per heavy atom. The van der Waals surface area contributed by atoms with Gasteiger partial charge in [0.25, 0.3) is 0 Å². The Morgan fingerprint density at radius 1 is 1.35 bits per heavy atom. The van der Waals surface area contributed by atoms with Gasteiger partial charge in [0.05, 0.1) is 6.04 Å². The fourth-order valence-corrected chi connectivity index (χ4v) is 1.91. The first-order chi connectivity index (χ1) is 7.61. The van der Waals surface area contributed by atoms with Crippen LogP contribution in [0, 0.1) is 0 Å². The summed E-state index contributed by atoms with van der Waals surface area (Å²) in [7, 11) is 0. The number of hydrogen-bond acceptors (Lipinski definition) is 4. The second-order valence-corrected chi connectivity index (χ2v) is 6.22. The number of nitrogens with zero attached hydrogens (tertiary/aromatic N) is 1. The zero-order valence-corrected chi connectivity index (χ0v) is 11.5. The van der Waals surface area contributed by atoms with Crippen molar-refractivity contribution in [2.45, 2.75) is 51.8 Å². The standard InChI is InChI=1S/C12H25N3O2/c1-11(2,3)17-10(16)15-7-6-14-8-9(15)12(4,5)13/h9,14H,6-8,13H2,1-5H3. The van der Waals surface area contributed by atoms with E-state index in [9.17, 15) is 4.79 Å². The molecule has 0 spiro atoms. The summed E-state index contributed by atoms with van der Waals surface area (Å²) >= 11 is 0. The molecule has 1 heterocycles. The first kappa shape index (κ1) is 14.3. The molecule has 1 rings (SSSR count). The van der Waals surface area contributed by atoms with Crippen LogP contribution in [0.15, 0.2) is 0 Å². The van der Waals surface area contributed by atoms with Gasteiger partial charge in [0.1, 0.15) is 5.60 Å². The van der Waals surface area contributed by atoms with Crippen LogP contribution in [0.1, 0.15) is 34.6 Å². The van der Waals surface area contributed by atoms with Crippen LogP contribution < -0.4 is 11.1 Å². The second-order valence-electron chi connectivity index (χ2n) is 6.22. The highest BCUT2D eigenvalue weighted by Gasteiger charge is 2.37. The predicted octanol–water partition coefficient (Wildman–Crippen LogP) is 0.933. The Labute approximate surface area is 104 Å². The van der Waals surface area contributed by atoms with Crippen LogP contribution in [0.25, 0.3) is 0 Å². The lowest BCUT2D eigenvalue weighted by Crippen LogP contribution is -2.65. The van der Waals surface area contributed by atoms with Gasteiger partial charge >= 0.3 is 6.09 Å². The first-order valence-corrected chi connectivity index (χ1v) is 6.10. The van der Waals surface area contributed by atoms with Crippen molar-refractivity contribution in [2.75, 3.05) is 19.6 Å². The largest absolute Gasteiger partial charge is 0.444 e. The fourth-order valence-electron chi connectivity index (χ4n) is 1.91. The summed E-state index contributed by atoms with van der Waals surface area (Å²) < 4.78 is 5.41. The molecule has 17 heavy (non-hydrogen) atoms. The third kappa shape index (κ3) is 4.16. The van der Waals surface area contributed by atoms with Crippen molar-refractivity contribution < 1.29 is 9.53 Å². The summed E-state index contributed by atoms with van der Waals surface area (Å²) in [5.41, 5.74) is 5.21. The lowest BCUT2D eigenvalue weighted by atomic mass is 9.93. The molecule has 100 valence electrons. The number of rotatable bonds is 1. The highest BCUT2D eigenvalue weighted by Crippen LogP contribution is 2.18. The fraction of sp³-hybridized carbons (Fsp3) is 0.917. The SMILES string of the molecule is CC(C)(C)OC(=O)N1CCNCC1C(C)(C)N. The van der Waals surface area contributed by atoms with Crippen molar-refractivity contribution in [2.24, 2.45) is 5.73 Å². The highest BCUT2D eigenvalue weighted by atomic mass is 16.6. The van der Waals surface area contributed by atoms with Crippen LogP contribution in [0.2, 0.25) is 0 Å². The molecule has 0 aromatic rings. The number of nitrogens with two attached hydrogens (primary N) is 1. The van der Waals surface area contributed by atoms with E-state index < -0.39 is 11.1 Å². The van der Waals surface area contributed by atoms with Gasteiger partial charge in [0.2, 0.25) is 0 Å². The van der Waals surface area contributed by atoms with E-state index >= 15 is 0 Å². The van der Waals surface area contributed by atoms with Crippen LogP contribution in [0.4, 0.5) is 4.79 Å². The summed E-state index contributed by atoms with van der Waals surface area (Å²) in [6.45, 7) is 11.6. The number of amides is 1. The van der Waals surface area contributed by atoms with Crippen LogP contribution in [-0.2, 0) is 4.74 Å². The number of nitrogens with one attached hydrogen (secondary N) is 1. The van der Waals surface area contributed by atoms with E-state index in [-0.39, 0.29) is 12.1 Å². The van der Waals surface area contributed by atoms with E-state index in [4.69, 9.17) is 10.5 Å². The van der Waals surface area contributed by atoms with E-state index in [2.05, 4.69) is 5.32 Å². The van der Waals surface area contributed by atoms with Crippen molar-refractivity contribution in [3.63, 3.8) is 0 Å². The zero-order valence-electron chi connectivity index (χ0n) is 11.5. The molecule has 1 aliphatic heterocycles. The second kappa shape index (κ2) is 4.82. The average Bonchev–Trinajstić information content (AvgIpc) is 2.13. The monoisotopic (exact) mass is 243 g/mol. The highest BCUT2D eigenvalue weighted by molar-refractivity contribution is 5.69. The summed E-state index contributed by atoms with van der Waals surface area (Å²) in [6.07, 6.45) is -0.275. The predicted molar refractivity (Wildman–Crippen MR) is 67.9 cm³/mol. The van der Waals surface area contributed by atoms with Gasteiger partial charge in [0.15, 0.2) is 0 Å². The van der Waals surface area contributed by atoms with E-state index in [0.29, 0.717) is 13.1 Å². The maximum atomic E-state index is 12.1. The number of carbonyl (C=O) groups is 1. The molecule has 0 aliphatic carbocycles. The van der Waals surface area contributed by atoms with Gasteiger partial charge in [0, 0.05) is 25.2 Å². The number of hydrogen-bond donors (Lipinski definition) is 2. The minimum Gasteiger partial charge on any atom is -0.444 e. The molecule has 1 aliphatic rings. The van der Waals surface area contributed by atoms with E-state index in [0.717, 1.165) is 6.54 Å². The van der Waals surface area contributed by atoms with Gasteiger partial charge < -0.3 is 20.7 Å². The smallest absolute Gasteiger partial charge is 0.410 e. The number of carbonyl (C=O) groups excluding carboxylic acids is 1. The van der Waals surface area contributed by atoms with Crippen molar-refractivity contribution in [3.8, 4) is 0 Å². The Morgan fingerprint density at radius 2 is 1.94 bits per heavy atom. The van der Waals surface area contributed by atoms with Crippen molar-refractivity contribution in [1.29, 1.82) is 0 Å². The molecule has 1 saturated heterocycles. The third-order valence-electron chi connectivity index (χ3n) is 2.73. The Bertz CT molecular complexity index is 278. The quantitative estimate of drug-likeness (QED) is 0.719. The Hall–Kier alpha value is -0.810. The number of piperazine rings is 1. The average molecular weight is 243 g/mol. The van der Waals surface area contributed by atoms with Crippen LogP contribution >= 0.6 is 0 Å². The molecular formula is C12H25N3O2. The van der Waals surface area contributed by atoms with Gasteiger partial charge in [-0.15, -0.1) is 0 Å². The van der Waals surface area contributed by atoms with Gasteiger partial charge in [-0.25, -0.2) is 4.79 Å². The van der Waals surface area contributed by atoms with Gasteiger partial charge in [-0.2, -0.15) is 0 Å². The normalized spacial score (nSPS) is 22.5. The molecule has 1 unspecified atom stereocenters. The molecule has 5 nitrogen and oxygen atoms in total. The summed E-state index contributed by atoms with van der Waals surface area (Å²) in [5, 5.41) is 3.26. The van der Waals surface area contributed by atoms with Crippen LogP contribution in [0.5, 0.6) is 0 Å². The van der Waals surface area contributed by atoms with Gasteiger partial charge in [-0.1, -0.05) is 0 Å². The summed E-state index contributed by atoms with van der Waals surface area (Å²) in [4.78, 5) is 13.8. The zero-order chi connectivity index (χ0) is 13.3. The van der Waals surface area contributed by atoms with Crippen molar-refractivity contribution in [3.05, 3.63) is 0 Å². The lowest BCUT2D eigenvalue weighted by Gasteiger charge is -2.43. The lowest BCUT2D eigenvalue weighted by molar-refractivity contribution is 0.00377. The molecule has 0 bridgehead atoms. The maximum absolute atomic E-state index is 12.1. The molecule has 0 aromatic heterocycles. The molecule has 1 amide bonds. The van der Waals surface area contributed by atoms with E-state index in [1.807, 2.05) is 34.6 Å². The van der Waals surface area contributed by atoms with Gasteiger partial charge in [-0.3, -0.25) is 0 Å². The van der Waals surface area contributed by atoms with Crippen molar-refractivity contribution >= 4 is 6.09 Å². The molecule has 1 atom stereocenters. The van der Waals surface area contributed by atoms with E-state index in [1.165, 1.54) is 0 Å². The first-order valence-electron chi connectivity index (χ1n) is 6.10. The topological polar surface area (TPSA) is 67.6 Å². The van der Waals surface area contributed by atoms with Crippen LogP contribution in [-0.4, -0.2) is 47.8 Å². The minimum absolute atomic E-state index is 0.0360. The summed E-state index contributed by atoms with van der Waals surface area (Å²) in [6, 6.07) is -0.0360. The maximum Gasteiger partial charge on any atom is 0.410 e. The molecule has 3 N–H and O–H groups in total. The van der Waals surface area contributed by atoms with Gasteiger partial charge in [-0.05, 0) is 34.6 Å². The molecular weight excluding hydrogens is 218 g/mol. The molecule has 0 aromatic carbocycles. The molecule has 0 saturated carbocycles. The minimum atomic E-state index is -0.467.